The quantitative estimate of drug-likeness (QED) is 0.595. The van der Waals surface area contributed by atoms with Gasteiger partial charge in [-0.25, -0.2) is 9.59 Å². The van der Waals surface area contributed by atoms with E-state index in [1.165, 1.54) is 6.07 Å². The fraction of sp³-hybridized carbons (Fsp3) is 0.182. The summed E-state index contributed by atoms with van der Waals surface area (Å²) >= 11 is 0. The molecule has 3 aromatic rings. The van der Waals surface area contributed by atoms with Crippen LogP contribution in [0.2, 0.25) is 0 Å². The average molecular weight is 408 g/mol. The van der Waals surface area contributed by atoms with Crippen molar-refractivity contribution in [2.24, 2.45) is 0 Å². The number of para-hydroxylation sites is 1. The van der Waals surface area contributed by atoms with E-state index in [2.05, 4.69) is 10.5 Å². The number of rotatable bonds is 7. The molecule has 0 bridgehead atoms. The first-order chi connectivity index (χ1) is 14.5. The van der Waals surface area contributed by atoms with Gasteiger partial charge >= 0.3 is 11.9 Å². The topological polar surface area (TPSA) is 108 Å². The smallest absolute Gasteiger partial charge is 0.344 e. The van der Waals surface area contributed by atoms with E-state index >= 15 is 0 Å². The summed E-state index contributed by atoms with van der Waals surface area (Å²) in [4.78, 5) is 36.8. The zero-order chi connectivity index (χ0) is 21.5. The number of aromatic nitrogens is 1. The highest BCUT2D eigenvalue weighted by Gasteiger charge is 2.24. The van der Waals surface area contributed by atoms with E-state index in [4.69, 9.17) is 14.0 Å². The number of nitrogens with zero attached hydrogens (tertiary/aromatic N) is 1. The van der Waals surface area contributed by atoms with Crippen molar-refractivity contribution in [2.75, 3.05) is 18.5 Å². The first-order valence-electron chi connectivity index (χ1n) is 9.26. The highest BCUT2D eigenvalue weighted by molar-refractivity contribution is 6.03. The van der Waals surface area contributed by atoms with Crippen molar-refractivity contribution in [3.63, 3.8) is 0 Å². The molecule has 8 heteroatoms. The molecule has 1 heterocycles. The monoisotopic (exact) mass is 408 g/mol. The van der Waals surface area contributed by atoms with Crippen LogP contribution in [0, 0.1) is 6.92 Å². The molecule has 0 radical (unpaired) electrons. The van der Waals surface area contributed by atoms with Crippen LogP contribution < -0.4 is 5.32 Å². The van der Waals surface area contributed by atoms with Gasteiger partial charge in [0.25, 0.3) is 5.91 Å². The highest BCUT2D eigenvalue weighted by Crippen LogP contribution is 2.25. The predicted octanol–water partition coefficient (Wildman–Crippen LogP) is 3.62. The SMILES string of the molecule is CCOC(=O)c1ccccc1NC(=O)COC(=O)c1c(-c2ccccc2)noc1C. The molecule has 0 fully saturated rings. The van der Waals surface area contributed by atoms with E-state index in [1.54, 1.807) is 44.2 Å². The molecule has 0 aliphatic rings. The number of nitrogens with one attached hydrogen (secondary N) is 1. The number of hydrogen-bond acceptors (Lipinski definition) is 7. The Morgan fingerprint density at radius 3 is 2.40 bits per heavy atom. The van der Waals surface area contributed by atoms with Gasteiger partial charge in [0.1, 0.15) is 17.0 Å². The van der Waals surface area contributed by atoms with Gasteiger partial charge in [-0.1, -0.05) is 47.6 Å². The van der Waals surface area contributed by atoms with Crippen molar-refractivity contribution < 1.29 is 28.4 Å². The summed E-state index contributed by atoms with van der Waals surface area (Å²) in [5, 5.41) is 6.48. The van der Waals surface area contributed by atoms with E-state index < -0.39 is 24.5 Å². The molecule has 2 aromatic carbocycles. The lowest BCUT2D eigenvalue weighted by molar-refractivity contribution is -0.119. The van der Waals surface area contributed by atoms with Gasteiger partial charge in [0, 0.05) is 5.56 Å². The fourth-order valence-electron chi connectivity index (χ4n) is 2.77. The number of benzene rings is 2. The third-order valence-electron chi connectivity index (χ3n) is 4.14. The number of carbonyl (C=O) groups excluding carboxylic acids is 3. The standard InChI is InChI=1S/C22H20N2O6/c1-3-28-21(26)16-11-7-8-12-17(16)23-18(25)13-29-22(27)19-14(2)30-24-20(19)15-9-5-4-6-10-15/h4-12H,3,13H2,1-2H3,(H,23,25). The van der Waals surface area contributed by atoms with Gasteiger partial charge in [-0.2, -0.15) is 0 Å². The number of carbonyl (C=O) groups is 3. The zero-order valence-corrected chi connectivity index (χ0v) is 16.5. The third-order valence-corrected chi connectivity index (χ3v) is 4.14. The summed E-state index contributed by atoms with van der Waals surface area (Å²) in [6.45, 7) is 2.94. The van der Waals surface area contributed by atoms with Crippen molar-refractivity contribution in [3.05, 3.63) is 71.5 Å². The number of amides is 1. The Labute approximate surface area is 172 Å². The van der Waals surface area contributed by atoms with Gasteiger partial charge in [0.2, 0.25) is 0 Å². The fourth-order valence-corrected chi connectivity index (χ4v) is 2.77. The normalized spacial score (nSPS) is 10.3. The van der Waals surface area contributed by atoms with E-state index in [0.717, 1.165) is 0 Å². The van der Waals surface area contributed by atoms with Crippen molar-refractivity contribution in [3.8, 4) is 11.3 Å². The van der Waals surface area contributed by atoms with Crippen LogP contribution in [-0.4, -0.2) is 36.2 Å². The van der Waals surface area contributed by atoms with Crippen molar-refractivity contribution in [1.82, 2.24) is 5.16 Å². The second kappa shape index (κ2) is 9.51. The van der Waals surface area contributed by atoms with Crippen LogP contribution in [0.15, 0.2) is 59.1 Å². The molecule has 0 saturated heterocycles. The van der Waals surface area contributed by atoms with Gasteiger partial charge in [0.05, 0.1) is 17.9 Å². The summed E-state index contributed by atoms with van der Waals surface area (Å²) in [5.41, 5.74) is 1.66. The number of esters is 2. The van der Waals surface area contributed by atoms with Crippen LogP contribution in [-0.2, 0) is 14.3 Å². The maximum absolute atomic E-state index is 12.6. The van der Waals surface area contributed by atoms with Crippen molar-refractivity contribution in [2.45, 2.75) is 13.8 Å². The van der Waals surface area contributed by atoms with Crippen LogP contribution in [0.25, 0.3) is 11.3 Å². The molecule has 30 heavy (non-hydrogen) atoms. The van der Waals surface area contributed by atoms with Gasteiger partial charge in [-0.05, 0) is 26.0 Å². The minimum absolute atomic E-state index is 0.154. The van der Waals surface area contributed by atoms with E-state index in [9.17, 15) is 14.4 Å². The lowest BCUT2D eigenvalue weighted by Crippen LogP contribution is -2.22. The second-order valence-electron chi connectivity index (χ2n) is 6.22. The van der Waals surface area contributed by atoms with Crippen LogP contribution in [0.3, 0.4) is 0 Å². The lowest BCUT2D eigenvalue weighted by atomic mass is 10.1. The van der Waals surface area contributed by atoms with E-state index in [0.29, 0.717) is 11.3 Å². The molecule has 1 N–H and O–H groups in total. The molecule has 3 rings (SSSR count). The van der Waals surface area contributed by atoms with Crippen molar-refractivity contribution in [1.29, 1.82) is 0 Å². The molecule has 0 spiro atoms. The molecule has 0 saturated carbocycles. The van der Waals surface area contributed by atoms with Crippen LogP contribution >= 0.6 is 0 Å². The maximum Gasteiger partial charge on any atom is 0.344 e. The van der Waals surface area contributed by atoms with E-state index in [-0.39, 0.29) is 29.2 Å². The minimum atomic E-state index is -0.735. The minimum Gasteiger partial charge on any atom is -0.462 e. The van der Waals surface area contributed by atoms with Crippen molar-refractivity contribution >= 4 is 23.5 Å². The largest absolute Gasteiger partial charge is 0.462 e. The van der Waals surface area contributed by atoms with Gasteiger partial charge < -0.3 is 19.3 Å². The Morgan fingerprint density at radius 2 is 1.67 bits per heavy atom. The molecular weight excluding hydrogens is 388 g/mol. The lowest BCUT2D eigenvalue weighted by Gasteiger charge is -2.10. The molecule has 0 aliphatic carbocycles. The summed E-state index contributed by atoms with van der Waals surface area (Å²) in [6.07, 6.45) is 0. The molecule has 1 aromatic heterocycles. The van der Waals surface area contributed by atoms with Gasteiger partial charge in [-0.3, -0.25) is 4.79 Å². The van der Waals surface area contributed by atoms with Gasteiger partial charge in [0.15, 0.2) is 6.61 Å². The number of hydrogen-bond donors (Lipinski definition) is 1. The number of ether oxygens (including phenoxy) is 2. The predicted molar refractivity (Wildman–Crippen MR) is 108 cm³/mol. The Hall–Kier alpha value is -3.94. The Bertz CT molecular complexity index is 1060. The number of aryl methyl sites for hydroxylation is 1. The molecular formula is C22H20N2O6. The first kappa shape index (κ1) is 20.8. The summed E-state index contributed by atoms with van der Waals surface area (Å²) in [5.74, 6) is -1.61. The zero-order valence-electron chi connectivity index (χ0n) is 16.5. The van der Waals surface area contributed by atoms with Crippen LogP contribution in [0.5, 0.6) is 0 Å². The third kappa shape index (κ3) is 4.72. The van der Waals surface area contributed by atoms with Crippen LogP contribution in [0.1, 0.15) is 33.4 Å². The number of anilines is 1. The molecule has 154 valence electrons. The second-order valence-corrected chi connectivity index (χ2v) is 6.22. The molecule has 1 amide bonds. The average Bonchev–Trinajstić information content (AvgIpc) is 3.14. The molecule has 8 nitrogen and oxygen atoms in total. The molecule has 0 aliphatic heterocycles. The van der Waals surface area contributed by atoms with Crippen LogP contribution in [0.4, 0.5) is 5.69 Å². The Kier molecular flexibility index (Phi) is 6.59. The maximum atomic E-state index is 12.6. The molecule has 0 unspecified atom stereocenters. The van der Waals surface area contributed by atoms with Gasteiger partial charge in [-0.15, -0.1) is 0 Å². The summed E-state index contributed by atoms with van der Waals surface area (Å²) in [7, 11) is 0. The van der Waals surface area contributed by atoms with E-state index in [1.807, 2.05) is 18.2 Å². The first-order valence-corrected chi connectivity index (χ1v) is 9.26. The highest BCUT2D eigenvalue weighted by atomic mass is 16.5. The Morgan fingerprint density at radius 1 is 0.967 bits per heavy atom. The summed E-state index contributed by atoms with van der Waals surface area (Å²) in [6, 6.07) is 15.4. The summed E-state index contributed by atoms with van der Waals surface area (Å²) < 4.78 is 15.3. The molecule has 0 atom stereocenters. The Balaban J connectivity index is 1.68.